The van der Waals surface area contributed by atoms with Crippen LogP contribution >= 0.6 is 0 Å². The molecule has 6 heteroatoms. The molecule has 0 aliphatic carbocycles. The van der Waals surface area contributed by atoms with Gasteiger partial charge in [-0.3, -0.25) is 0 Å². The molecule has 0 atom stereocenters. The lowest BCUT2D eigenvalue weighted by molar-refractivity contribution is 0.174. The molecule has 0 radical (unpaired) electrons. The van der Waals surface area contributed by atoms with E-state index in [-0.39, 0.29) is 6.79 Å². The van der Waals surface area contributed by atoms with E-state index in [9.17, 15) is 0 Å². The summed E-state index contributed by atoms with van der Waals surface area (Å²) in [5, 5.41) is 6.66. The molecule has 2 heterocycles. The first-order valence-electron chi connectivity index (χ1n) is 9.02. The van der Waals surface area contributed by atoms with Crippen molar-refractivity contribution < 1.29 is 9.47 Å². The first-order valence-corrected chi connectivity index (χ1v) is 9.02. The minimum Gasteiger partial charge on any atom is -0.454 e. The summed E-state index contributed by atoms with van der Waals surface area (Å²) in [6, 6.07) is 18.3. The number of rotatable bonds is 7. The number of aromatic nitrogens is 2. The molecule has 27 heavy (non-hydrogen) atoms. The summed E-state index contributed by atoms with van der Waals surface area (Å²) >= 11 is 0. The number of anilines is 2. The van der Waals surface area contributed by atoms with Crippen molar-refractivity contribution in [2.75, 3.05) is 24.0 Å². The summed E-state index contributed by atoms with van der Waals surface area (Å²) in [5.41, 5.74) is 3.31. The highest BCUT2D eigenvalue weighted by atomic mass is 16.7. The zero-order valence-corrected chi connectivity index (χ0v) is 15.2. The van der Waals surface area contributed by atoms with Crippen LogP contribution in [0, 0.1) is 6.92 Å². The van der Waals surface area contributed by atoms with Crippen molar-refractivity contribution in [2.24, 2.45) is 0 Å². The molecule has 3 aromatic rings. The highest BCUT2D eigenvalue weighted by molar-refractivity contribution is 5.46. The van der Waals surface area contributed by atoms with Crippen LogP contribution in [0.2, 0.25) is 0 Å². The fourth-order valence-electron chi connectivity index (χ4n) is 2.95. The van der Waals surface area contributed by atoms with Crippen molar-refractivity contribution in [3.8, 4) is 11.5 Å². The van der Waals surface area contributed by atoms with Crippen LogP contribution in [0.1, 0.15) is 16.8 Å². The number of nitrogens with one attached hydrogen (secondary N) is 2. The molecule has 2 aromatic carbocycles. The molecule has 0 bridgehead atoms. The zero-order chi connectivity index (χ0) is 18.5. The van der Waals surface area contributed by atoms with Gasteiger partial charge in [-0.2, -0.15) is 4.98 Å². The van der Waals surface area contributed by atoms with Crippen LogP contribution < -0.4 is 20.1 Å². The van der Waals surface area contributed by atoms with Gasteiger partial charge >= 0.3 is 0 Å². The van der Waals surface area contributed by atoms with E-state index in [4.69, 9.17) is 9.47 Å². The summed E-state index contributed by atoms with van der Waals surface area (Å²) in [5.74, 6) is 3.00. The molecule has 0 saturated heterocycles. The Morgan fingerprint density at radius 3 is 2.63 bits per heavy atom. The number of aryl methyl sites for hydroxylation is 1. The first kappa shape index (κ1) is 17.1. The molecule has 1 aliphatic rings. The van der Waals surface area contributed by atoms with Gasteiger partial charge in [0.25, 0.3) is 0 Å². The Hall–Kier alpha value is -3.28. The largest absolute Gasteiger partial charge is 0.454 e. The predicted octanol–water partition coefficient (Wildman–Crippen LogP) is 3.78. The summed E-state index contributed by atoms with van der Waals surface area (Å²) < 4.78 is 10.8. The van der Waals surface area contributed by atoms with Gasteiger partial charge < -0.3 is 20.1 Å². The average Bonchev–Trinajstić information content (AvgIpc) is 3.15. The van der Waals surface area contributed by atoms with Crippen molar-refractivity contribution in [1.82, 2.24) is 9.97 Å². The summed E-state index contributed by atoms with van der Waals surface area (Å²) in [7, 11) is 0. The van der Waals surface area contributed by atoms with E-state index in [1.165, 1.54) is 5.56 Å². The van der Waals surface area contributed by atoms with Crippen molar-refractivity contribution in [1.29, 1.82) is 0 Å². The highest BCUT2D eigenvalue weighted by Crippen LogP contribution is 2.32. The molecule has 0 saturated carbocycles. The minimum absolute atomic E-state index is 0.283. The number of benzene rings is 2. The van der Waals surface area contributed by atoms with Gasteiger partial charge in [0.05, 0.1) is 0 Å². The lowest BCUT2D eigenvalue weighted by Gasteiger charge is -2.10. The van der Waals surface area contributed by atoms with Gasteiger partial charge in [-0.1, -0.05) is 36.4 Å². The summed E-state index contributed by atoms with van der Waals surface area (Å²) in [4.78, 5) is 9.03. The van der Waals surface area contributed by atoms with Crippen molar-refractivity contribution in [3.05, 3.63) is 71.4 Å². The Balaban J connectivity index is 1.35. The number of hydrogen-bond donors (Lipinski definition) is 2. The lowest BCUT2D eigenvalue weighted by atomic mass is 10.1. The minimum atomic E-state index is 0.283. The maximum Gasteiger partial charge on any atom is 0.231 e. The zero-order valence-electron chi connectivity index (χ0n) is 15.2. The van der Waals surface area contributed by atoms with Crippen molar-refractivity contribution in [2.45, 2.75) is 19.9 Å². The molecule has 6 nitrogen and oxygen atoms in total. The van der Waals surface area contributed by atoms with Crippen molar-refractivity contribution >= 4 is 11.8 Å². The number of fused-ring (bicyclic) bond motifs is 1. The van der Waals surface area contributed by atoms with Gasteiger partial charge in [0.2, 0.25) is 12.7 Å². The van der Waals surface area contributed by atoms with E-state index >= 15 is 0 Å². The van der Waals surface area contributed by atoms with Crippen LogP contribution in [0.3, 0.4) is 0 Å². The van der Waals surface area contributed by atoms with Crippen molar-refractivity contribution in [3.63, 3.8) is 0 Å². The number of hydrogen-bond acceptors (Lipinski definition) is 6. The fourth-order valence-corrected chi connectivity index (χ4v) is 2.95. The Labute approximate surface area is 158 Å². The van der Waals surface area contributed by atoms with Gasteiger partial charge in [-0.05, 0) is 36.6 Å². The maximum atomic E-state index is 5.42. The summed E-state index contributed by atoms with van der Waals surface area (Å²) in [6.45, 7) is 3.69. The third kappa shape index (κ3) is 4.47. The van der Waals surface area contributed by atoms with E-state index in [0.29, 0.717) is 12.5 Å². The monoisotopic (exact) mass is 362 g/mol. The van der Waals surface area contributed by atoms with Crippen LogP contribution in [0.25, 0.3) is 0 Å². The quantitative estimate of drug-likeness (QED) is 0.667. The Kier molecular flexibility index (Phi) is 5.05. The number of nitrogens with zero attached hydrogens (tertiary/aromatic N) is 2. The van der Waals surface area contributed by atoms with E-state index < -0.39 is 0 Å². The second-order valence-electron chi connectivity index (χ2n) is 6.42. The summed E-state index contributed by atoms with van der Waals surface area (Å²) in [6.07, 6.45) is 0.948. The van der Waals surface area contributed by atoms with E-state index in [0.717, 1.165) is 41.5 Å². The molecule has 138 valence electrons. The fraction of sp³-hybridized carbons (Fsp3) is 0.238. The molecule has 0 unspecified atom stereocenters. The molecule has 0 spiro atoms. The Morgan fingerprint density at radius 1 is 0.889 bits per heavy atom. The van der Waals surface area contributed by atoms with Gasteiger partial charge in [-0.25, -0.2) is 4.98 Å². The van der Waals surface area contributed by atoms with E-state index in [1.807, 2.05) is 37.3 Å². The molecule has 2 N–H and O–H groups in total. The lowest BCUT2D eigenvalue weighted by Crippen LogP contribution is -2.10. The molecule has 1 aliphatic heterocycles. The van der Waals surface area contributed by atoms with Gasteiger partial charge in [0, 0.05) is 24.8 Å². The topological polar surface area (TPSA) is 68.3 Å². The van der Waals surface area contributed by atoms with E-state index in [1.54, 1.807) is 0 Å². The molecular weight excluding hydrogens is 340 g/mol. The van der Waals surface area contributed by atoms with Crippen LogP contribution in [-0.2, 0) is 13.0 Å². The van der Waals surface area contributed by atoms with Gasteiger partial charge in [0.1, 0.15) is 5.82 Å². The van der Waals surface area contributed by atoms with Crippen LogP contribution in [0.5, 0.6) is 11.5 Å². The Bertz CT molecular complexity index is 915. The third-order valence-corrected chi connectivity index (χ3v) is 4.30. The first-order chi connectivity index (χ1) is 13.3. The third-order valence-electron chi connectivity index (χ3n) is 4.30. The average molecular weight is 362 g/mol. The standard InChI is InChI=1S/C21H22N4O2/c1-15-11-20(22-10-9-16-5-3-2-4-6-16)25-21(24-15)23-13-17-7-8-18-19(12-17)27-14-26-18/h2-8,11-12H,9-10,13-14H2,1H3,(H2,22,23,24,25). The maximum absolute atomic E-state index is 5.42. The Morgan fingerprint density at radius 2 is 1.74 bits per heavy atom. The molecule has 1 aromatic heterocycles. The molecule has 0 fully saturated rings. The molecule has 4 rings (SSSR count). The predicted molar refractivity (Wildman–Crippen MR) is 105 cm³/mol. The molecule has 0 amide bonds. The van der Waals surface area contributed by atoms with Crippen LogP contribution in [0.4, 0.5) is 11.8 Å². The molecular formula is C21H22N4O2. The van der Waals surface area contributed by atoms with Gasteiger partial charge in [0.15, 0.2) is 11.5 Å². The highest BCUT2D eigenvalue weighted by Gasteiger charge is 2.13. The smallest absolute Gasteiger partial charge is 0.231 e. The second kappa shape index (κ2) is 7.95. The van der Waals surface area contributed by atoms with Gasteiger partial charge in [-0.15, -0.1) is 0 Å². The SMILES string of the molecule is Cc1cc(NCCc2ccccc2)nc(NCc2ccc3c(c2)OCO3)n1. The second-order valence-corrected chi connectivity index (χ2v) is 6.42. The number of ether oxygens (including phenoxy) is 2. The van der Waals surface area contributed by atoms with Crippen LogP contribution in [-0.4, -0.2) is 23.3 Å². The van der Waals surface area contributed by atoms with E-state index in [2.05, 4.69) is 44.9 Å². The normalized spacial score (nSPS) is 12.0. The van der Waals surface area contributed by atoms with Crippen LogP contribution in [0.15, 0.2) is 54.6 Å².